The molecule has 0 aromatic heterocycles. The summed E-state index contributed by atoms with van der Waals surface area (Å²) in [7, 11) is 0. The molecule has 0 aromatic rings. The van der Waals surface area contributed by atoms with Gasteiger partial charge in [0.25, 0.3) is 0 Å². The van der Waals surface area contributed by atoms with E-state index in [0.29, 0.717) is 18.9 Å². The number of rotatable bonds is 6. The molecule has 0 aromatic carbocycles. The summed E-state index contributed by atoms with van der Waals surface area (Å²) in [6.45, 7) is 4.14. The second kappa shape index (κ2) is 6.37. The van der Waals surface area contributed by atoms with Crippen LogP contribution in [0.4, 0.5) is 0 Å². The van der Waals surface area contributed by atoms with E-state index in [2.05, 4.69) is 5.32 Å². The van der Waals surface area contributed by atoms with Crippen molar-refractivity contribution in [3.05, 3.63) is 0 Å². The van der Waals surface area contributed by atoms with Crippen LogP contribution in [0.2, 0.25) is 0 Å². The quantitative estimate of drug-likeness (QED) is 0.582. The highest BCUT2D eigenvalue weighted by atomic mass is 16.5. The van der Waals surface area contributed by atoms with Crippen LogP contribution in [-0.2, 0) is 19.1 Å². The lowest BCUT2D eigenvalue weighted by Gasteiger charge is -2.37. The molecular formula is C14H23NO4. The molecule has 2 rings (SSSR count). The van der Waals surface area contributed by atoms with Gasteiger partial charge in [-0.1, -0.05) is 0 Å². The lowest BCUT2D eigenvalue weighted by atomic mass is 9.84. The van der Waals surface area contributed by atoms with Crippen LogP contribution < -0.4 is 5.32 Å². The molecule has 1 saturated heterocycles. The summed E-state index contributed by atoms with van der Waals surface area (Å²) in [4.78, 5) is 22.7. The molecule has 5 heteroatoms. The zero-order valence-corrected chi connectivity index (χ0v) is 11.6. The van der Waals surface area contributed by atoms with Crippen LogP contribution in [0.5, 0.6) is 0 Å². The largest absolute Gasteiger partial charge is 0.464 e. The van der Waals surface area contributed by atoms with Gasteiger partial charge in [-0.2, -0.15) is 0 Å². The van der Waals surface area contributed by atoms with Crippen molar-refractivity contribution in [2.45, 2.75) is 57.8 Å². The van der Waals surface area contributed by atoms with Gasteiger partial charge in [-0.15, -0.1) is 0 Å². The Balaban J connectivity index is 2.01. The predicted octanol–water partition coefficient (Wildman–Crippen LogP) is 1.26. The molecule has 108 valence electrons. The Morgan fingerprint density at radius 3 is 2.79 bits per heavy atom. The minimum atomic E-state index is -0.537. The van der Waals surface area contributed by atoms with Gasteiger partial charge in [0.1, 0.15) is 6.04 Å². The highest BCUT2D eigenvalue weighted by molar-refractivity contribution is 5.78. The van der Waals surface area contributed by atoms with Crippen LogP contribution >= 0.6 is 0 Å². The first kappa shape index (κ1) is 14.3. The van der Waals surface area contributed by atoms with Crippen LogP contribution in [0.15, 0.2) is 0 Å². The van der Waals surface area contributed by atoms with Crippen molar-refractivity contribution in [3.63, 3.8) is 0 Å². The molecule has 2 aliphatic rings. The Morgan fingerprint density at radius 2 is 2.21 bits per heavy atom. The molecule has 1 aliphatic carbocycles. The van der Waals surface area contributed by atoms with Gasteiger partial charge in [0.2, 0.25) is 6.41 Å². The first-order valence-electron chi connectivity index (χ1n) is 7.17. The fraction of sp³-hybridized carbons (Fsp3) is 0.857. The molecule has 2 fully saturated rings. The van der Waals surface area contributed by atoms with Gasteiger partial charge < -0.3 is 14.8 Å². The van der Waals surface area contributed by atoms with Crippen LogP contribution in [0.3, 0.4) is 0 Å². The van der Waals surface area contributed by atoms with E-state index in [1.807, 2.05) is 6.92 Å². The van der Waals surface area contributed by atoms with E-state index in [-0.39, 0.29) is 24.1 Å². The maximum Gasteiger partial charge on any atom is 0.328 e. The molecule has 1 saturated carbocycles. The van der Waals surface area contributed by atoms with E-state index in [4.69, 9.17) is 9.47 Å². The third-order valence-electron chi connectivity index (χ3n) is 3.98. The zero-order chi connectivity index (χ0) is 13.8. The lowest BCUT2D eigenvalue weighted by molar-refractivity contribution is -0.151. The molecule has 0 spiro atoms. The summed E-state index contributed by atoms with van der Waals surface area (Å²) in [6.07, 6.45) is 5.01. The van der Waals surface area contributed by atoms with Crippen LogP contribution in [0.25, 0.3) is 0 Å². The molecule has 5 nitrogen and oxygen atoms in total. The van der Waals surface area contributed by atoms with Gasteiger partial charge >= 0.3 is 5.97 Å². The minimum absolute atomic E-state index is 0.110. The van der Waals surface area contributed by atoms with Crippen LogP contribution in [0.1, 0.15) is 39.5 Å². The normalized spacial score (nSPS) is 32.4. The number of amides is 1. The Bertz CT molecular complexity index is 329. The van der Waals surface area contributed by atoms with Crippen LogP contribution in [-0.4, -0.2) is 37.2 Å². The Kier molecular flexibility index (Phi) is 4.80. The fourth-order valence-electron chi connectivity index (χ4n) is 2.98. The van der Waals surface area contributed by atoms with E-state index in [1.165, 1.54) is 12.8 Å². The second-order valence-corrected chi connectivity index (χ2v) is 5.57. The van der Waals surface area contributed by atoms with E-state index in [1.54, 1.807) is 6.92 Å². The molecule has 0 bridgehead atoms. The molecule has 1 heterocycles. The summed E-state index contributed by atoms with van der Waals surface area (Å²) in [6, 6.07) is -0.537. The summed E-state index contributed by atoms with van der Waals surface area (Å²) < 4.78 is 11.0. The number of hydrogen-bond acceptors (Lipinski definition) is 4. The molecule has 1 amide bonds. The number of nitrogens with one attached hydrogen (secondary N) is 1. The van der Waals surface area contributed by atoms with Crippen molar-refractivity contribution in [1.29, 1.82) is 0 Å². The van der Waals surface area contributed by atoms with E-state index in [0.717, 1.165) is 12.8 Å². The van der Waals surface area contributed by atoms with Crippen molar-refractivity contribution in [2.24, 2.45) is 11.8 Å². The average molecular weight is 269 g/mol. The summed E-state index contributed by atoms with van der Waals surface area (Å²) in [5.74, 6) is 0.422. The Morgan fingerprint density at radius 1 is 1.47 bits per heavy atom. The average Bonchev–Trinajstić information content (AvgIpc) is 3.19. The predicted molar refractivity (Wildman–Crippen MR) is 69.4 cm³/mol. The molecule has 19 heavy (non-hydrogen) atoms. The maximum absolute atomic E-state index is 11.9. The minimum Gasteiger partial charge on any atom is -0.464 e. The summed E-state index contributed by atoms with van der Waals surface area (Å²) in [5.41, 5.74) is 0. The zero-order valence-electron chi connectivity index (χ0n) is 11.6. The summed E-state index contributed by atoms with van der Waals surface area (Å²) >= 11 is 0. The number of carbonyl (C=O) groups excluding carboxylic acids is 2. The van der Waals surface area contributed by atoms with Crippen molar-refractivity contribution in [1.82, 2.24) is 5.32 Å². The van der Waals surface area contributed by atoms with Gasteiger partial charge in [0.05, 0.1) is 18.8 Å². The van der Waals surface area contributed by atoms with E-state index < -0.39 is 6.04 Å². The highest BCUT2D eigenvalue weighted by Gasteiger charge is 2.42. The first-order valence-corrected chi connectivity index (χ1v) is 7.17. The third-order valence-corrected chi connectivity index (χ3v) is 3.98. The summed E-state index contributed by atoms with van der Waals surface area (Å²) in [5, 5.41) is 2.63. The van der Waals surface area contributed by atoms with Gasteiger partial charge in [-0.05, 0) is 51.4 Å². The fourth-order valence-corrected chi connectivity index (χ4v) is 2.98. The van der Waals surface area contributed by atoms with Gasteiger partial charge in [0, 0.05) is 0 Å². The Labute approximate surface area is 114 Å². The van der Waals surface area contributed by atoms with E-state index in [9.17, 15) is 9.59 Å². The first-order chi connectivity index (χ1) is 9.15. The Hall–Kier alpha value is -1.10. The molecule has 1 aliphatic heterocycles. The maximum atomic E-state index is 11.9. The number of ether oxygens (including phenoxy) is 2. The van der Waals surface area contributed by atoms with Crippen molar-refractivity contribution in [2.75, 3.05) is 6.61 Å². The molecule has 0 unspecified atom stereocenters. The van der Waals surface area contributed by atoms with E-state index >= 15 is 0 Å². The molecular weight excluding hydrogens is 246 g/mol. The molecule has 0 radical (unpaired) electrons. The third kappa shape index (κ3) is 3.69. The lowest BCUT2D eigenvalue weighted by Crippen LogP contribution is -2.48. The smallest absolute Gasteiger partial charge is 0.328 e. The van der Waals surface area contributed by atoms with Gasteiger partial charge in [0.15, 0.2) is 0 Å². The second-order valence-electron chi connectivity index (χ2n) is 5.57. The monoisotopic (exact) mass is 269 g/mol. The molecule has 1 N–H and O–H groups in total. The topological polar surface area (TPSA) is 64.6 Å². The molecule has 4 atom stereocenters. The van der Waals surface area contributed by atoms with Gasteiger partial charge in [-0.25, -0.2) is 4.79 Å². The van der Waals surface area contributed by atoms with Crippen molar-refractivity contribution in [3.8, 4) is 0 Å². The van der Waals surface area contributed by atoms with Gasteiger partial charge in [-0.3, -0.25) is 4.79 Å². The standard InChI is InChI=1S/C14H23NO4/c1-3-18-14(17)13(15-8-16)11-6-9(2)19-12(7-11)10-4-5-10/h8-13H,3-7H2,1-2H3,(H,15,16)/t9-,11+,12+,13-/m0/s1. The highest BCUT2D eigenvalue weighted by Crippen LogP contribution is 2.41. The number of hydrogen-bond donors (Lipinski definition) is 1. The number of carbonyl (C=O) groups is 2. The van der Waals surface area contributed by atoms with Crippen molar-refractivity contribution >= 4 is 12.4 Å². The van der Waals surface area contributed by atoms with Crippen molar-refractivity contribution < 1.29 is 19.1 Å². The van der Waals surface area contributed by atoms with Crippen LogP contribution in [0, 0.1) is 11.8 Å². The SMILES string of the molecule is CCOC(=O)[C@@H](NC=O)[C@@H]1C[C@H](C)O[C@@H](C2CC2)C1. The number of esters is 1.